The van der Waals surface area contributed by atoms with Gasteiger partial charge in [0, 0.05) is 15.5 Å². The van der Waals surface area contributed by atoms with Gasteiger partial charge in [-0.3, -0.25) is 9.59 Å². The molecule has 1 N–H and O–H groups in total. The summed E-state index contributed by atoms with van der Waals surface area (Å²) in [6, 6.07) is 1.72. The topological polar surface area (TPSA) is 72.8 Å². The second-order valence-corrected chi connectivity index (χ2v) is 5.81. The number of halogens is 1. The van der Waals surface area contributed by atoms with Gasteiger partial charge in [-0.05, 0) is 22.0 Å². The summed E-state index contributed by atoms with van der Waals surface area (Å²) in [6.45, 7) is 3.65. The molecule has 0 aromatic heterocycles. The summed E-state index contributed by atoms with van der Waals surface area (Å²) < 4.78 is 11.3. The summed E-state index contributed by atoms with van der Waals surface area (Å²) in [4.78, 5) is 22.0. The molecule has 19 heavy (non-hydrogen) atoms. The van der Waals surface area contributed by atoms with Crippen molar-refractivity contribution in [1.29, 1.82) is 0 Å². The molecule has 1 aromatic rings. The van der Waals surface area contributed by atoms with Gasteiger partial charge in [0.25, 0.3) is 0 Å². The minimum Gasteiger partial charge on any atom is -0.481 e. The molecule has 0 spiro atoms. The molecule has 0 amide bonds. The molecule has 1 aromatic carbocycles. The minimum atomic E-state index is -0.895. The van der Waals surface area contributed by atoms with Crippen LogP contribution in [0.1, 0.15) is 36.2 Å². The summed E-state index contributed by atoms with van der Waals surface area (Å²) in [7, 11) is 0. The molecule has 0 atom stereocenters. The van der Waals surface area contributed by atoms with Crippen molar-refractivity contribution >= 4 is 28.2 Å². The van der Waals surface area contributed by atoms with Crippen LogP contribution in [0, 0.1) is 0 Å². The quantitative estimate of drug-likeness (QED) is 0.860. The molecule has 1 aliphatic rings. The number of carboxylic acid groups (broad SMARTS) is 1. The van der Waals surface area contributed by atoms with E-state index < -0.39 is 11.4 Å². The van der Waals surface area contributed by atoms with E-state index in [-0.39, 0.29) is 13.2 Å². The first-order chi connectivity index (χ1) is 8.86. The highest BCUT2D eigenvalue weighted by molar-refractivity contribution is 9.10. The smallest absolute Gasteiger partial charge is 0.304 e. The fourth-order valence-corrected chi connectivity index (χ4v) is 2.65. The van der Waals surface area contributed by atoms with Crippen LogP contribution in [0.15, 0.2) is 10.5 Å². The number of carbonyl (C=O) groups is 2. The predicted octanol–water partition coefficient (Wildman–Crippen LogP) is 2.74. The summed E-state index contributed by atoms with van der Waals surface area (Å²) in [5, 5.41) is 8.99. The zero-order valence-electron chi connectivity index (χ0n) is 10.5. The monoisotopic (exact) mass is 328 g/mol. The van der Waals surface area contributed by atoms with E-state index in [1.165, 1.54) is 0 Å². The highest BCUT2D eigenvalue weighted by atomic mass is 79.9. The molecule has 2 rings (SSSR count). The van der Waals surface area contributed by atoms with E-state index >= 15 is 0 Å². The number of carboxylic acids is 1. The maximum absolute atomic E-state index is 11.1. The van der Waals surface area contributed by atoms with Crippen LogP contribution >= 0.6 is 15.9 Å². The van der Waals surface area contributed by atoms with E-state index in [4.69, 9.17) is 14.6 Å². The fraction of sp³-hybridized carbons (Fsp3) is 0.385. The van der Waals surface area contributed by atoms with Gasteiger partial charge in [0.2, 0.25) is 6.79 Å². The van der Waals surface area contributed by atoms with Crippen LogP contribution in [-0.4, -0.2) is 24.2 Å². The van der Waals surface area contributed by atoms with Crippen molar-refractivity contribution in [3.05, 3.63) is 21.7 Å². The van der Waals surface area contributed by atoms with Crippen molar-refractivity contribution < 1.29 is 24.2 Å². The second kappa shape index (κ2) is 4.85. The molecule has 0 unspecified atom stereocenters. The van der Waals surface area contributed by atoms with Gasteiger partial charge in [-0.2, -0.15) is 0 Å². The normalized spacial score (nSPS) is 13.4. The Morgan fingerprint density at radius 1 is 1.47 bits per heavy atom. The van der Waals surface area contributed by atoms with Crippen molar-refractivity contribution in [2.45, 2.75) is 25.7 Å². The van der Waals surface area contributed by atoms with Crippen molar-refractivity contribution in [1.82, 2.24) is 0 Å². The zero-order valence-corrected chi connectivity index (χ0v) is 12.1. The van der Waals surface area contributed by atoms with E-state index in [9.17, 15) is 9.59 Å². The van der Waals surface area contributed by atoms with Crippen LogP contribution in [0.4, 0.5) is 0 Å². The van der Waals surface area contributed by atoms with Crippen molar-refractivity contribution in [3.63, 3.8) is 0 Å². The Morgan fingerprint density at radius 2 is 2.11 bits per heavy atom. The minimum absolute atomic E-state index is 0.0305. The van der Waals surface area contributed by atoms with Gasteiger partial charge >= 0.3 is 5.97 Å². The van der Waals surface area contributed by atoms with E-state index in [1.54, 1.807) is 6.07 Å². The summed E-state index contributed by atoms with van der Waals surface area (Å²) in [5.74, 6) is -0.0670. The average molecular weight is 329 g/mol. The molecule has 5 nitrogen and oxygen atoms in total. The first kappa shape index (κ1) is 13.9. The molecule has 0 saturated carbocycles. The molecule has 0 fully saturated rings. The van der Waals surface area contributed by atoms with Gasteiger partial charge in [0.15, 0.2) is 17.8 Å². The van der Waals surface area contributed by atoms with E-state index in [2.05, 4.69) is 15.9 Å². The van der Waals surface area contributed by atoms with Crippen LogP contribution in [0.25, 0.3) is 0 Å². The van der Waals surface area contributed by atoms with Crippen LogP contribution in [0.2, 0.25) is 0 Å². The standard InChI is InChI=1S/C13H13BrO5/c1-13(2,4-10(16)17)8-3-9(14)7(5-15)11-12(8)19-6-18-11/h3,5H,4,6H2,1-2H3,(H,16,17). The third-order valence-electron chi connectivity index (χ3n) is 3.07. The fourth-order valence-electron chi connectivity index (χ4n) is 2.14. The SMILES string of the molecule is CC(C)(CC(=O)O)c1cc(Br)c(C=O)c2c1OCO2. The molecule has 1 heterocycles. The highest BCUT2D eigenvalue weighted by Gasteiger charge is 2.33. The molecule has 1 aliphatic heterocycles. The van der Waals surface area contributed by atoms with Gasteiger partial charge in [-0.15, -0.1) is 0 Å². The molecule has 102 valence electrons. The van der Waals surface area contributed by atoms with Crippen LogP contribution in [0.5, 0.6) is 11.5 Å². The van der Waals surface area contributed by atoms with Crippen LogP contribution in [0.3, 0.4) is 0 Å². The van der Waals surface area contributed by atoms with Crippen molar-refractivity contribution in [2.75, 3.05) is 6.79 Å². The summed E-state index contributed by atoms with van der Waals surface area (Å²) in [6.07, 6.45) is 0.640. The Kier molecular flexibility index (Phi) is 3.54. The third kappa shape index (κ3) is 2.45. The Labute approximate surface area is 118 Å². The maximum atomic E-state index is 11.1. The number of aliphatic carboxylic acids is 1. The molecular weight excluding hydrogens is 316 g/mol. The first-order valence-corrected chi connectivity index (χ1v) is 6.45. The van der Waals surface area contributed by atoms with Gasteiger partial charge < -0.3 is 14.6 Å². The number of carbonyl (C=O) groups excluding carboxylic acids is 1. The lowest BCUT2D eigenvalue weighted by Gasteiger charge is -2.25. The Bertz CT molecular complexity index is 550. The summed E-state index contributed by atoms with van der Waals surface area (Å²) in [5.41, 5.74) is 0.454. The lowest BCUT2D eigenvalue weighted by molar-refractivity contribution is -0.138. The van der Waals surface area contributed by atoms with Gasteiger partial charge in [-0.1, -0.05) is 13.8 Å². The third-order valence-corrected chi connectivity index (χ3v) is 3.73. The number of hydrogen-bond donors (Lipinski definition) is 1. The Hall–Kier alpha value is -1.56. The zero-order chi connectivity index (χ0) is 14.2. The molecule has 0 radical (unpaired) electrons. The second-order valence-electron chi connectivity index (χ2n) is 4.96. The number of aldehydes is 1. The molecule has 6 heteroatoms. The lowest BCUT2D eigenvalue weighted by Crippen LogP contribution is -2.22. The number of ether oxygens (including phenoxy) is 2. The van der Waals surface area contributed by atoms with Crippen LogP contribution < -0.4 is 9.47 Å². The van der Waals surface area contributed by atoms with Gasteiger partial charge in [0.1, 0.15) is 0 Å². The van der Waals surface area contributed by atoms with Crippen LogP contribution in [-0.2, 0) is 10.2 Å². The van der Waals surface area contributed by atoms with Gasteiger partial charge in [0.05, 0.1) is 12.0 Å². The highest BCUT2D eigenvalue weighted by Crippen LogP contribution is 2.47. The maximum Gasteiger partial charge on any atom is 0.304 e. The Morgan fingerprint density at radius 3 is 2.68 bits per heavy atom. The van der Waals surface area contributed by atoms with Gasteiger partial charge in [-0.25, -0.2) is 0 Å². The largest absolute Gasteiger partial charge is 0.481 e. The lowest BCUT2D eigenvalue weighted by atomic mass is 9.80. The average Bonchev–Trinajstić information content (AvgIpc) is 2.74. The Balaban J connectivity index is 2.60. The summed E-state index contributed by atoms with van der Waals surface area (Å²) >= 11 is 3.31. The predicted molar refractivity (Wildman–Crippen MR) is 70.9 cm³/mol. The number of fused-ring (bicyclic) bond motifs is 1. The van der Waals surface area contributed by atoms with E-state index in [0.717, 1.165) is 0 Å². The molecule has 0 aliphatic carbocycles. The molecule has 0 bridgehead atoms. The van der Waals surface area contributed by atoms with E-state index in [1.807, 2.05) is 13.8 Å². The van der Waals surface area contributed by atoms with E-state index in [0.29, 0.717) is 33.4 Å². The number of benzene rings is 1. The molecular formula is C13H13BrO5. The van der Waals surface area contributed by atoms with Crippen molar-refractivity contribution in [2.24, 2.45) is 0 Å². The number of rotatable bonds is 4. The first-order valence-electron chi connectivity index (χ1n) is 5.66. The number of hydrogen-bond acceptors (Lipinski definition) is 4. The van der Waals surface area contributed by atoms with Crippen molar-refractivity contribution in [3.8, 4) is 11.5 Å². The molecule has 0 saturated heterocycles.